The molecule has 5 heteroatoms. The van der Waals surface area contributed by atoms with Crippen LogP contribution in [0.5, 0.6) is 5.75 Å². The van der Waals surface area contributed by atoms with Crippen LogP contribution >= 0.6 is 0 Å². The molecular formula is C15H18O5. The number of aliphatic hydroxyl groups is 1. The second-order valence-corrected chi connectivity index (χ2v) is 4.11. The Bertz CT molecular complexity index is 511. The van der Waals surface area contributed by atoms with Crippen LogP contribution in [-0.4, -0.2) is 31.1 Å². The van der Waals surface area contributed by atoms with Gasteiger partial charge < -0.3 is 19.3 Å². The third-order valence-electron chi connectivity index (χ3n) is 2.23. The Morgan fingerprint density at radius 2 is 2.20 bits per heavy atom. The average molecular weight is 278 g/mol. The summed E-state index contributed by atoms with van der Waals surface area (Å²) in [6, 6.07) is 5.26. The predicted octanol–water partition coefficient (Wildman–Crippen LogP) is 1.46. The molecule has 0 aliphatic rings. The van der Waals surface area contributed by atoms with Crippen molar-refractivity contribution in [2.75, 3.05) is 13.9 Å². The summed E-state index contributed by atoms with van der Waals surface area (Å²) in [5, 5.41) is 9.22. The fourth-order valence-electron chi connectivity index (χ4n) is 1.38. The molecule has 0 radical (unpaired) electrons. The van der Waals surface area contributed by atoms with Crippen LogP contribution in [0.25, 0.3) is 0 Å². The van der Waals surface area contributed by atoms with Gasteiger partial charge in [-0.2, -0.15) is 0 Å². The summed E-state index contributed by atoms with van der Waals surface area (Å²) in [7, 11) is 1.52. The van der Waals surface area contributed by atoms with E-state index in [2.05, 4.69) is 11.8 Å². The zero-order chi connectivity index (χ0) is 15.0. The SMILES string of the molecule is COCOc1ccc(COC(C)=O)cc1C#CC(C)O. The fourth-order valence-corrected chi connectivity index (χ4v) is 1.38. The van der Waals surface area contributed by atoms with Gasteiger partial charge in [-0.25, -0.2) is 0 Å². The molecule has 0 aliphatic carbocycles. The van der Waals surface area contributed by atoms with Crippen LogP contribution in [0.15, 0.2) is 18.2 Å². The standard InChI is InChI=1S/C15H18O5/c1-11(16)4-6-14-8-13(9-19-12(2)17)5-7-15(14)20-10-18-3/h5,7-8,11,16H,9-10H2,1-3H3. The number of hydrogen-bond donors (Lipinski definition) is 1. The van der Waals surface area contributed by atoms with Crippen LogP contribution < -0.4 is 4.74 Å². The van der Waals surface area contributed by atoms with Crippen molar-refractivity contribution in [1.29, 1.82) is 0 Å². The summed E-state index contributed by atoms with van der Waals surface area (Å²) < 4.78 is 15.2. The van der Waals surface area contributed by atoms with Crippen molar-refractivity contribution in [3.8, 4) is 17.6 Å². The van der Waals surface area contributed by atoms with Gasteiger partial charge in [0.1, 0.15) is 18.5 Å². The first-order valence-corrected chi connectivity index (χ1v) is 6.10. The third kappa shape index (κ3) is 5.74. The summed E-state index contributed by atoms with van der Waals surface area (Å²) in [4.78, 5) is 10.8. The molecule has 1 aromatic carbocycles. The van der Waals surface area contributed by atoms with Gasteiger partial charge in [0.05, 0.1) is 5.56 Å². The lowest BCUT2D eigenvalue weighted by Crippen LogP contribution is -2.03. The first kappa shape index (κ1) is 16.0. The minimum absolute atomic E-state index is 0.104. The van der Waals surface area contributed by atoms with Crippen molar-refractivity contribution in [2.45, 2.75) is 26.6 Å². The summed E-state index contributed by atoms with van der Waals surface area (Å²) in [6.45, 7) is 3.20. The molecule has 0 heterocycles. The molecule has 1 atom stereocenters. The molecule has 1 rings (SSSR count). The zero-order valence-electron chi connectivity index (χ0n) is 11.8. The average Bonchev–Trinajstić information content (AvgIpc) is 2.41. The molecule has 1 aromatic rings. The Balaban J connectivity index is 2.95. The van der Waals surface area contributed by atoms with Gasteiger partial charge in [0.2, 0.25) is 0 Å². The van der Waals surface area contributed by atoms with Gasteiger partial charge in [0, 0.05) is 14.0 Å². The van der Waals surface area contributed by atoms with Crippen molar-refractivity contribution in [3.63, 3.8) is 0 Å². The van der Waals surface area contributed by atoms with E-state index < -0.39 is 6.10 Å². The normalized spacial score (nSPS) is 11.2. The van der Waals surface area contributed by atoms with Crippen LogP contribution in [0.2, 0.25) is 0 Å². The molecule has 0 saturated heterocycles. The third-order valence-corrected chi connectivity index (χ3v) is 2.23. The molecule has 108 valence electrons. The highest BCUT2D eigenvalue weighted by atomic mass is 16.7. The topological polar surface area (TPSA) is 65.0 Å². The number of ether oxygens (including phenoxy) is 3. The minimum Gasteiger partial charge on any atom is -0.466 e. The monoisotopic (exact) mass is 278 g/mol. The summed E-state index contributed by atoms with van der Waals surface area (Å²) in [6.07, 6.45) is -0.734. The Kier molecular flexibility index (Phi) is 6.57. The summed E-state index contributed by atoms with van der Waals surface area (Å²) in [5.41, 5.74) is 1.40. The van der Waals surface area contributed by atoms with Crippen molar-refractivity contribution in [1.82, 2.24) is 0 Å². The summed E-state index contributed by atoms with van der Waals surface area (Å²) in [5.74, 6) is 5.68. The Labute approximate surface area is 118 Å². The molecule has 20 heavy (non-hydrogen) atoms. The number of esters is 1. The molecule has 0 aliphatic heterocycles. The fraction of sp³-hybridized carbons (Fsp3) is 0.400. The van der Waals surface area contributed by atoms with E-state index in [4.69, 9.17) is 14.2 Å². The van der Waals surface area contributed by atoms with Crippen molar-refractivity contribution >= 4 is 5.97 Å². The zero-order valence-corrected chi connectivity index (χ0v) is 11.8. The number of hydrogen-bond acceptors (Lipinski definition) is 5. The molecule has 1 unspecified atom stereocenters. The second kappa shape index (κ2) is 8.20. The van der Waals surface area contributed by atoms with E-state index in [1.807, 2.05) is 0 Å². The van der Waals surface area contributed by atoms with Gasteiger partial charge >= 0.3 is 5.97 Å². The highest BCUT2D eigenvalue weighted by Gasteiger charge is 2.05. The van der Waals surface area contributed by atoms with Gasteiger partial charge in [0.15, 0.2) is 6.79 Å². The Morgan fingerprint density at radius 3 is 2.80 bits per heavy atom. The van der Waals surface area contributed by atoms with Crippen LogP contribution in [0.3, 0.4) is 0 Å². The summed E-state index contributed by atoms with van der Waals surface area (Å²) >= 11 is 0. The Morgan fingerprint density at radius 1 is 1.45 bits per heavy atom. The lowest BCUT2D eigenvalue weighted by atomic mass is 10.1. The number of aliphatic hydroxyl groups excluding tert-OH is 1. The maximum Gasteiger partial charge on any atom is 0.302 e. The van der Waals surface area contributed by atoms with Gasteiger partial charge in [-0.3, -0.25) is 4.79 Å². The lowest BCUT2D eigenvalue weighted by Gasteiger charge is -2.09. The molecule has 0 spiro atoms. The van der Waals surface area contributed by atoms with Gasteiger partial charge in [-0.15, -0.1) is 0 Å². The maximum atomic E-state index is 10.8. The van der Waals surface area contributed by atoms with Crippen molar-refractivity contribution in [2.24, 2.45) is 0 Å². The van der Waals surface area contributed by atoms with E-state index in [1.54, 1.807) is 25.1 Å². The number of carbonyl (C=O) groups is 1. The maximum absolute atomic E-state index is 10.8. The quantitative estimate of drug-likeness (QED) is 0.502. The molecular weight excluding hydrogens is 260 g/mol. The second-order valence-electron chi connectivity index (χ2n) is 4.11. The van der Waals surface area contributed by atoms with E-state index in [-0.39, 0.29) is 19.4 Å². The first-order valence-electron chi connectivity index (χ1n) is 6.10. The van der Waals surface area contributed by atoms with Crippen molar-refractivity contribution in [3.05, 3.63) is 29.3 Å². The molecule has 5 nitrogen and oxygen atoms in total. The highest BCUT2D eigenvalue weighted by molar-refractivity contribution is 5.66. The minimum atomic E-state index is -0.734. The van der Waals surface area contributed by atoms with Gasteiger partial charge in [-0.05, 0) is 24.6 Å². The number of carbonyl (C=O) groups excluding carboxylic acids is 1. The Hall–Kier alpha value is -2.03. The van der Waals surface area contributed by atoms with Crippen LogP contribution in [0, 0.1) is 11.8 Å². The van der Waals surface area contributed by atoms with E-state index in [1.165, 1.54) is 14.0 Å². The van der Waals surface area contributed by atoms with Crippen molar-refractivity contribution < 1.29 is 24.1 Å². The molecule has 0 saturated carbocycles. The lowest BCUT2D eigenvalue weighted by molar-refractivity contribution is -0.142. The molecule has 0 amide bonds. The van der Waals surface area contributed by atoms with Crippen LogP contribution in [0.4, 0.5) is 0 Å². The number of rotatable bonds is 5. The highest BCUT2D eigenvalue weighted by Crippen LogP contribution is 2.20. The van der Waals surface area contributed by atoms with Crippen LogP contribution in [0.1, 0.15) is 25.0 Å². The number of benzene rings is 1. The smallest absolute Gasteiger partial charge is 0.302 e. The van der Waals surface area contributed by atoms with E-state index in [9.17, 15) is 9.90 Å². The van der Waals surface area contributed by atoms with E-state index in [0.29, 0.717) is 11.3 Å². The predicted molar refractivity (Wildman–Crippen MR) is 73.0 cm³/mol. The first-order chi connectivity index (χ1) is 9.52. The molecule has 1 N–H and O–H groups in total. The number of methoxy groups -OCH3 is 1. The van der Waals surface area contributed by atoms with E-state index in [0.717, 1.165) is 5.56 Å². The largest absolute Gasteiger partial charge is 0.466 e. The van der Waals surface area contributed by atoms with Gasteiger partial charge in [-0.1, -0.05) is 17.9 Å². The van der Waals surface area contributed by atoms with Gasteiger partial charge in [0.25, 0.3) is 0 Å². The van der Waals surface area contributed by atoms with Crippen LogP contribution in [-0.2, 0) is 20.9 Å². The molecule has 0 aromatic heterocycles. The molecule has 0 fully saturated rings. The van der Waals surface area contributed by atoms with E-state index >= 15 is 0 Å². The molecule has 0 bridgehead atoms.